The molecular weight excluding hydrogens is 376 g/mol. The van der Waals surface area contributed by atoms with E-state index in [0.29, 0.717) is 37.9 Å². The molecule has 4 nitrogen and oxygen atoms in total. The zero-order valence-corrected chi connectivity index (χ0v) is 20.5. The lowest BCUT2D eigenvalue weighted by Gasteiger charge is -2.20. The third kappa shape index (κ3) is 18.9. The van der Waals surface area contributed by atoms with Crippen molar-refractivity contribution in [3.63, 3.8) is 0 Å². The third-order valence-electron chi connectivity index (χ3n) is 5.85. The van der Waals surface area contributed by atoms with Crippen LogP contribution in [-0.4, -0.2) is 25.2 Å². The molecule has 0 fully saturated rings. The van der Waals surface area contributed by atoms with Crippen LogP contribution < -0.4 is 0 Å². The first-order valence-corrected chi connectivity index (χ1v) is 12.8. The Morgan fingerprint density at radius 2 is 1.13 bits per heavy atom. The Hall–Kier alpha value is -1.06. The maximum absolute atomic E-state index is 12.0. The van der Waals surface area contributed by atoms with Gasteiger partial charge in [-0.1, -0.05) is 91.9 Å². The summed E-state index contributed by atoms with van der Waals surface area (Å²) in [4.78, 5) is 23.6. The van der Waals surface area contributed by atoms with Gasteiger partial charge in [0.05, 0.1) is 13.2 Å². The molecule has 30 heavy (non-hydrogen) atoms. The Bertz CT molecular complexity index is 406. The molecule has 0 rings (SSSR count). The normalized spacial score (nSPS) is 12.2. The molecule has 0 aromatic heterocycles. The standard InChI is InChI=1S/C26H50O4/c1-5-7-16-20-29-25(27)19-15-13-11-9-10-12-14-18-24(23(3)4)22-26(28)30-21-17-8-6-2/h23-24H,5-22H2,1-4H3. The van der Waals surface area contributed by atoms with Crippen LogP contribution in [0, 0.1) is 11.8 Å². The lowest BCUT2D eigenvalue weighted by molar-refractivity contribution is -0.145. The van der Waals surface area contributed by atoms with E-state index in [4.69, 9.17) is 9.47 Å². The molecule has 0 N–H and O–H groups in total. The Morgan fingerprint density at radius 1 is 0.633 bits per heavy atom. The molecule has 0 bridgehead atoms. The number of carbonyl (C=O) groups excluding carboxylic acids is 2. The first-order valence-electron chi connectivity index (χ1n) is 12.8. The lowest BCUT2D eigenvalue weighted by Crippen LogP contribution is -2.17. The van der Waals surface area contributed by atoms with Gasteiger partial charge in [-0.25, -0.2) is 0 Å². The van der Waals surface area contributed by atoms with Crippen molar-refractivity contribution in [3.05, 3.63) is 0 Å². The molecule has 4 heteroatoms. The van der Waals surface area contributed by atoms with Gasteiger partial charge >= 0.3 is 11.9 Å². The lowest BCUT2D eigenvalue weighted by atomic mass is 9.87. The number of unbranched alkanes of at least 4 members (excludes halogenated alkanes) is 10. The van der Waals surface area contributed by atoms with Crippen LogP contribution in [0.5, 0.6) is 0 Å². The molecule has 0 aromatic rings. The van der Waals surface area contributed by atoms with E-state index in [1.165, 1.54) is 32.1 Å². The fourth-order valence-corrected chi connectivity index (χ4v) is 3.65. The number of esters is 2. The number of hydrogen-bond donors (Lipinski definition) is 0. The van der Waals surface area contributed by atoms with E-state index in [0.717, 1.165) is 57.8 Å². The van der Waals surface area contributed by atoms with Crippen LogP contribution in [0.2, 0.25) is 0 Å². The molecule has 0 aliphatic rings. The smallest absolute Gasteiger partial charge is 0.306 e. The molecular formula is C26H50O4. The minimum Gasteiger partial charge on any atom is -0.466 e. The van der Waals surface area contributed by atoms with Crippen molar-refractivity contribution in [2.45, 2.75) is 130 Å². The Morgan fingerprint density at radius 3 is 1.67 bits per heavy atom. The van der Waals surface area contributed by atoms with Gasteiger partial charge in [-0.05, 0) is 37.5 Å². The molecule has 178 valence electrons. The molecule has 0 aliphatic heterocycles. The molecule has 1 unspecified atom stereocenters. The molecule has 1 atom stereocenters. The summed E-state index contributed by atoms with van der Waals surface area (Å²) >= 11 is 0. The van der Waals surface area contributed by atoms with E-state index in [1.54, 1.807) is 0 Å². The summed E-state index contributed by atoms with van der Waals surface area (Å²) in [5, 5.41) is 0. The van der Waals surface area contributed by atoms with E-state index in [-0.39, 0.29) is 11.9 Å². The fourth-order valence-electron chi connectivity index (χ4n) is 3.65. The van der Waals surface area contributed by atoms with Gasteiger partial charge in [0, 0.05) is 12.8 Å². The van der Waals surface area contributed by atoms with Crippen LogP contribution in [0.4, 0.5) is 0 Å². The predicted molar refractivity (Wildman–Crippen MR) is 125 cm³/mol. The Kier molecular flexibility index (Phi) is 20.4. The summed E-state index contributed by atoms with van der Waals surface area (Å²) in [7, 11) is 0. The number of carbonyl (C=O) groups is 2. The van der Waals surface area contributed by atoms with Crippen LogP contribution in [0.3, 0.4) is 0 Å². The van der Waals surface area contributed by atoms with Gasteiger partial charge in [-0.2, -0.15) is 0 Å². The molecule has 0 amide bonds. The van der Waals surface area contributed by atoms with Crippen molar-refractivity contribution < 1.29 is 19.1 Å². The molecule has 0 radical (unpaired) electrons. The summed E-state index contributed by atoms with van der Waals surface area (Å²) < 4.78 is 10.6. The highest BCUT2D eigenvalue weighted by molar-refractivity contribution is 5.69. The number of rotatable bonds is 21. The van der Waals surface area contributed by atoms with Crippen molar-refractivity contribution in [2.24, 2.45) is 11.8 Å². The van der Waals surface area contributed by atoms with Crippen LogP contribution in [0.1, 0.15) is 130 Å². The largest absolute Gasteiger partial charge is 0.466 e. The van der Waals surface area contributed by atoms with E-state index >= 15 is 0 Å². The van der Waals surface area contributed by atoms with Gasteiger partial charge in [0.15, 0.2) is 0 Å². The van der Waals surface area contributed by atoms with Crippen LogP contribution in [-0.2, 0) is 19.1 Å². The first kappa shape index (κ1) is 28.9. The second kappa shape index (κ2) is 21.2. The summed E-state index contributed by atoms with van der Waals surface area (Å²) in [6.45, 7) is 9.89. The van der Waals surface area contributed by atoms with Crippen molar-refractivity contribution in [1.29, 1.82) is 0 Å². The maximum Gasteiger partial charge on any atom is 0.306 e. The van der Waals surface area contributed by atoms with E-state index in [1.807, 2.05) is 0 Å². The van der Waals surface area contributed by atoms with E-state index in [9.17, 15) is 9.59 Å². The summed E-state index contributed by atoms with van der Waals surface area (Å²) in [6, 6.07) is 0. The van der Waals surface area contributed by atoms with Gasteiger partial charge in [0.1, 0.15) is 0 Å². The quantitative estimate of drug-likeness (QED) is 0.140. The predicted octanol–water partition coefficient (Wildman–Crippen LogP) is 7.63. The fraction of sp³-hybridized carbons (Fsp3) is 0.923. The zero-order chi connectivity index (χ0) is 22.5. The van der Waals surface area contributed by atoms with Crippen LogP contribution >= 0.6 is 0 Å². The second-order valence-electron chi connectivity index (χ2n) is 9.08. The van der Waals surface area contributed by atoms with Crippen molar-refractivity contribution in [3.8, 4) is 0 Å². The second-order valence-corrected chi connectivity index (χ2v) is 9.08. The average molecular weight is 427 g/mol. The highest BCUT2D eigenvalue weighted by Crippen LogP contribution is 2.23. The third-order valence-corrected chi connectivity index (χ3v) is 5.85. The molecule has 0 aromatic carbocycles. The van der Waals surface area contributed by atoms with Gasteiger partial charge in [0.2, 0.25) is 0 Å². The monoisotopic (exact) mass is 426 g/mol. The number of ether oxygens (including phenoxy) is 2. The highest BCUT2D eigenvalue weighted by atomic mass is 16.5. The highest BCUT2D eigenvalue weighted by Gasteiger charge is 2.18. The molecule has 0 aliphatic carbocycles. The Balaban J connectivity index is 3.62. The SMILES string of the molecule is CCCCCOC(=O)CCCCCCCCCC(CC(=O)OCCCCC)C(C)C. The van der Waals surface area contributed by atoms with Gasteiger partial charge in [-0.3, -0.25) is 9.59 Å². The zero-order valence-electron chi connectivity index (χ0n) is 20.5. The van der Waals surface area contributed by atoms with Gasteiger partial charge in [0.25, 0.3) is 0 Å². The molecule has 0 saturated carbocycles. The van der Waals surface area contributed by atoms with E-state index in [2.05, 4.69) is 27.7 Å². The minimum atomic E-state index is -0.0327. The summed E-state index contributed by atoms with van der Waals surface area (Å²) in [5.74, 6) is 0.908. The average Bonchev–Trinajstić information content (AvgIpc) is 2.72. The van der Waals surface area contributed by atoms with Crippen molar-refractivity contribution >= 4 is 11.9 Å². The van der Waals surface area contributed by atoms with Gasteiger partial charge < -0.3 is 9.47 Å². The first-order chi connectivity index (χ1) is 14.5. The molecule has 0 saturated heterocycles. The van der Waals surface area contributed by atoms with Crippen molar-refractivity contribution in [1.82, 2.24) is 0 Å². The minimum absolute atomic E-state index is 0.0197. The number of hydrogen-bond acceptors (Lipinski definition) is 4. The molecule has 0 heterocycles. The topological polar surface area (TPSA) is 52.6 Å². The summed E-state index contributed by atoms with van der Waals surface area (Å²) in [5.41, 5.74) is 0. The summed E-state index contributed by atoms with van der Waals surface area (Å²) in [6.07, 6.45) is 16.9. The van der Waals surface area contributed by atoms with E-state index < -0.39 is 0 Å². The maximum atomic E-state index is 12.0. The van der Waals surface area contributed by atoms with Crippen LogP contribution in [0.25, 0.3) is 0 Å². The Labute approximate surface area is 186 Å². The van der Waals surface area contributed by atoms with Crippen molar-refractivity contribution in [2.75, 3.05) is 13.2 Å². The molecule has 0 spiro atoms. The van der Waals surface area contributed by atoms with Crippen LogP contribution in [0.15, 0.2) is 0 Å². The van der Waals surface area contributed by atoms with Gasteiger partial charge in [-0.15, -0.1) is 0 Å².